The number of Topliss-reactive ketones (excluding diaryl/α,β-unsaturated/α-hetero) is 1. The van der Waals surface area contributed by atoms with Gasteiger partial charge in [0, 0.05) is 18.2 Å². The summed E-state index contributed by atoms with van der Waals surface area (Å²) in [6.07, 6.45) is 0.839. The van der Waals surface area contributed by atoms with E-state index in [1.807, 2.05) is 13.8 Å². The molecule has 8 heteroatoms. The fraction of sp³-hybridized carbons (Fsp3) is 0.417. The van der Waals surface area contributed by atoms with E-state index in [1.54, 1.807) is 23.1 Å². The van der Waals surface area contributed by atoms with Gasteiger partial charge in [-0.15, -0.1) is 0 Å². The maximum atomic E-state index is 13.1. The number of rotatable bonds is 7. The first-order valence-corrected chi connectivity index (χ1v) is 12.1. The molecule has 0 atom stereocenters. The number of ether oxygens (including phenoxy) is 1. The highest BCUT2D eigenvalue weighted by atomic mass is 32.2. The standard InChI is InChI=1S/C24H30N2O5S/c1-16(2)12-13-26-21-11-8-19(14-22(21)31-15-24(4,5)23(26)28)25-32(29,30)20-9-6-18(7-10-20)17(3)27/h6-11,14,16,25H,12-13,15H2,1-5H3. The van der Waals surface area contributed by atoms with Gasteiger partial charge in [0.2, 0.25) is 5.91 Å². The molecule has 32 heavy (non-hydrogen) atoms. The van der Waals surface area contributed by atoms with Gasteiger partial charge < -0.3 is 9.64 Å². The molecule has 0 aromatic heterocycles. The van der Waals surface area contributed by atoms with Crippen LogP contribution in [-0.2, 0) is 14.8 Å². The molecule has 0 bridgehead atoms. The van der Waals surface area contributed by atoms with Crippen molar-refractivity contribution in [3.63, 3.8) is 0 Å². The predicted octanol–water partition coefficient (Wildman–Crippen LogP) is 4.49. The molecule has 0 saturated heterocycles. The summed E-state index contributed by atoms with van der Waals surface area (Å²) in [6.45, 7) is 10.1. The molecule has 1 aliphatic heterocycles. The summed E-state index contributed by atoms with van der Waals surface area (Å²) in [6, 6.07) is 10.7. The summed E-state index contributed by atoms with van der Waals surface area (Å²) >= 11 is 0. The van der Waals surface area contributed by atoms with E-state index in [0.29, 0.717) is 35.2 Å². The van der Waals surface area contributed by atoms with E-state index in [9.17, 15) is 18.0 Å². The number of anilines is 2. The van der Waals surface area contributed by atoms with E-state index in [-0.39, 0.29) is 23.2 Å². The van der Waals surface area contributed by atoms with Gasteiger partial charge in [0.1, 0.15) is 12.4 Å². The van der Waals surface area contributed by atoms with Crippen LogP contribution in [0, 0.1) is 11.3 Å². The molecule has 0 unspecified atom stereocenters. The van der Waals surface area contributed by atoms with Gasteiger partial charge in [0.25, 0.3) is 10.0 Å². The van der Waals surface area contributed by atoms with E-state index < -0.39 is 15.4 Å². The Morgan fingerprint density at radius 1 is 1.16 bits per heavy atom. The highest BCUT2D eigenvalue weighted by Gasteiger charge is 2.37. The predicted molar refractivity (Wildman–Crippen MR) is 125 cm³/mol. The average molecular weight is 459 g/mol. The monoisotopic (exact) mass is 458 g/mol. The minimum absolute atomic E-state index is 0.0178. The van der Waals surface area contributed by atoms with Gasteiger partial charge in [0.15, 0.2) is 5.78 Å². The molecule has 1 aliphatic rings. The van der Waals surface area contributed by atoms with Gasteiger partial charge >= 0.3 is 0 Å². The van der Waals surface area contributed by atoms with E-state index in [1.165, 1.54) is 31.2 Å². The van der Waals surface area contributed by atoms with Crippen LogP contribution in [0.4, 0.5) is 11.4 Å². The Morgan fingerprint density at radius 2 is 1.81 bits per heavy atom. The molecule has 0 spiro atoms. The van der Waals surface area contributed by atoms with Crippen molar-refractivity contribution >= 4 is 33.1 Å². The lowest BCUT2D eigenvalue weighted by Gasteiger charge is -2.28. The number of amides is 1. The van der Waals surface area contributed by atoms with E-state index >= 15 is 0 Å². The second-order valence-electron chi connectivity index (χ2n) is 9.18. The van der Waals surface area contributed by atoms with Gasteiger partial charge in [-0.1, -0.05) is 26.0 Å². The summed E-state index contributed by atoms with van der Waals surface area (Å²) in [7, 11) is -3.86. The van der Waals surface area contributed by atoms with Gasteiger partial charge in [-0.3, -0.25) is 14.3 Å². The average Bonchev–Trinajstić information content (AvgIpc) is 2.81. The zero-order chi connectivity index (χ0) is 23.7. The molecule has 0 aliphatic carbocycles. The van der Waals surface area contributed by atoms with Crippen molar-refractivity contribution in [1.82, 2.24) is 0 Å². The summed E-state index contributed by atoms with van der Waals surface area (Å²) in [4.78, 5) is 26.3. The summed E-state index contributed by atoms with van der Waals surface area (Å²) in [5.41, 5.74) is 0.704. The molecular weight excluding hydrogens is 428 g/mol. The topological polar surface area (TPSA) is 92.8 Å². The summed E-state index contributed by atoms with van der Waals surface area (Å²) in [5.74, 6) is 0.735. The molecule has 0 radical (unpaired) electrons. The number of fused-ring (bicyclic) bond motifs is 1. The normalized spacial score (nSPS) is 15.7. The van der Waals surface area contributed by atoms with Gasteiger partial charge in [-0.05, 0) is 57.4 Å². The van der Waals surface area contributed by atoms with E-state index in [0.717, 1.165) is 6.42 Å². The Bertz CT molecular complexity index is 1120. The number of nitrogens with zero attached hydrogens (tertiary/aromatic N) is 1. The number of benzene rings is 2. The Kier molecular flexibility index (Phi) is 6.64. The number of hydrogen-bond donors (Lipinski definition) is 1. The molecule has 7 nitrogen and oxygen atoms in total. The van der Waals surface area contributed by atoms with Crippen molar-refractivity contribution in [1.29, 1.82) is 0 Å². The van der Waals surface area contributed by atoms with Crippen LogP contribution in [-0.4, -0.2) is 33.3 Å². The highest BCUT2D eigenvalue weighted by Crippen LogP contribution is 2.38. The van der Waals surface area contributed by atoms with Crippen molar-refractivity contribution in [3.8, 4) is 5.75 Å². The molecule has 1 amide bonds. The number of hydrogen-bond acceptors (Lipinski definition) is 5. The molecule has 2 aromatic carbocycles. The van der Waals surface area contributed by atoms with Crippen LogP contribution < -0.4 is 14.4 Å². The lowest BCUT2D eigenvalue weighted by Crippen LogP contribution is -2.42. The minimum atomic E-state index is -3.86. The smallest absolute Gasteiger partial charge is 0.261 e. The van der Waals surface area contributed by atoms with Crippen LogP contribution in [0.2, 0.25) is 0 Å². The first-order chi connectivity index (χ1) is 14.9. The molecule has 2 aromatic rings. The Hall–Kier alpha value is -2.87. The number of nitrogens with one attached hydrogen (secondary N) is 1. The zero-order valence-corrected chi connectivity index (χ0v) is 20.0. The van der Waals surface area contributed by atoms with Gasteiger partial charge in [-0.25, -0.2) is 8.42 Å². The molecule has 1 heterocycles. The van der Waals surface area contributed by atoms with Gasteiger partial charge in [0.05, 0.1) is 21.7 Å². The molecule has 0 fully saturated rings. The quantitative estimate of drug-likeness (QED) is 0.617. The van der Waals surface area contributed by atoms with Crippen LogP contribution in [0.1, 0.15) is 51.4 Å². The fourth-order valence-corrected chi connectivity index (χ4v) is 4.45. The zero-order valence-electron chi connectivity index (χ0n) is 19.1. The lowest BCUT2D eigenvalue weighted by atomic mass is 9.92. The molecular formula is C24H30N2O5S. The second kappa shape index (κ2) is 8.94. The van der Waals surface area contributed by atoms with Crippen LogP contribution >= 0.6 is 0 Å². The Balaban J connectivity index is 1.91. The highest BCUT2D eigenvalue weighted by molar-refractivity contribution is 7.92. The van der Waals surface area contributed by atoms with Crippen molar-refractivity contribution in [2.24, 2.45) is 11.3 Å². The second-order valence-corrected chi connectivity index (χ2v) is 10.9. The van der Waals surface area contributed by atoms with Crippen LogP contribution in [0.3, 0.4) is 0 Å². The van der Waals surface area contributed by atoms with Crippen LogP contribution in [0.15, 0.2) is 47.4 Å². The van der Waals surface area contributed by atoms with Crippen LogP contribution in [0.25, 0.3) is 0 Å². The number of sulfonamides is 1. The third-order valence-electron chi connectivity index (χ3n) is 5.42. The third-order valence-corrected chi connectivity index (χ3v) is 6.81. The van der Waals surface area contributed by atoms with Crippen molar-refractivity contribution in [3.05, 3.63) is 48.0 Å². The van der Waals surface area contributed by atoms with Gasteiger partial charge in [-0.2, -0.15) is 0 Å². The number of carbonyl (C=O) groups excluding carboxylic acids is 2. The SMILES string of the molecule is CC(=O)c1ccc(S(=O)(=O)Nc2ccc3c(c2)OCC(C)(C)C(=O)N3CCC(C)C)cc1. The minimum Gasteiger partial charge on any atom is -0.490 e. The molecule has 0 saturated carbocycles. The fourth-order valence-electron chi connectivity index (χ4n) is 3.40. The number of ketones is 1. The third kappa shape index (κ3) is 5.12. The number of carbonyl (C=O) groups is 2. The largest absolute Gasteiger partial charge is 0.490 e. The van der Waals surface area contributed by atoms with E-state index in [2.05, 4.69) is 18.6 Å². The lowest BCUT2D eigenvalue weighted by molar-refractivity contribution is -0.127. The van der Waals surface area contributed by atoms with E-state index in [4.69, 9.17) is 4.74 Å². The van der Waals surface area contributed by atoms with Crippen LogP contribution in [0.5, 0.6) is 5.75 Å². The molecule has 3 rings (SSSR count). The first-order valence-electron chi connectivity index (χ1n) is 10.6. The van der Waals surface area contributed by atoms with Crippen molar-refractivity contribution < 1.29 is 22.7 Å². The van der Waals surface area contributed by atoms with Crippen molar-refractivity contribution in [2.45, 2.75) is 45.9 Å². The van der Waals surface area contributed by atoms with Crippen molar-refractivity contribution in [2.75, 3.05) is 22.8 Å². The maximum Gasteiger partial charge on any atom is 0.261 e. The Morgan fingerprint density at radius 3 is 2.41 bits per heavy atom. The Labute approximate surface area is 189 Å². The first kappa shape index (κ1) is 23.8. The maximum absolute atomic E-state index is 13.1. The molecule has 172 valence electrons. The summed E-state index contributed by atoms with van der Waals surface area (Å²) in [5, 5.41) is 0. The molecule has 1 N–H and O–H groups in total. The summed E-state index contributed by atoms with van der Waals surface area (Å²) < 4.78 is 34.1.